The number of hydrogen-bond acceptors (Lipinski definition) is 0. The zero-order chi connectivity index (χ0) is 9.68. The summed E-state index contributed by atoms with van der Waals surface area (Å²) in [6.45, 7) is 7.17. The molecule has 0 aromatic heterocycles. The van der Waals surface area contributed by atoms with E-state index in [1.54, 1.807) is 0 Å². The van der Waals surface area contributed by atoms with Crippen LogP contribution in [-0.2, 0) is 0 Å². The van der Waals surface area contributed by atoms with Crippen molar-refractivity contribution in [2.75, 3.05) is 0 Å². The number of rotatable bonds is 4. The van der Waals surface area contributed by atoms with E-state index in [1.165, 1.54) is 44.9 Å². The second-order valence-electron chi connectivity index (χ2n) is 4.86. The molecule has 0 aliphatic heterocycles. The fraction of sp³-hybridized carbons (Fsp3) is 1.00. The van der Waals surface area contributed by atoms with Gasteiger partial charge in [0.1, 0.15) is 0 Å². The zero-order valence-corrected chi connectivity index (χ0v) is 9.68. The molecule has 0 nitrogen and oxygen atoms in total. The maximum absolute atomic E-state index is 2.49. The van der Waals surface area contributed by atoms with E-state index in [2.05, 4.69) is 20.8 Å². The zero-order valence-electron chi connectivity index (χ0n) is 9.68. The minimum atomic E-state index is 1.00. The van der Waals surface area contributed by atoms with Gasteiger partial charge in [0.25, 0.3) is 0 Å². The highest BCUT2D eigenvalue weighted by Crippen LogP contribution is 2.38. The molecule has 1 fully saturated rings. The first-order valence-electron chi connectivity index (χ1n) is 6.29. The van der Waals surface area contributed by atoms with Gasteiger partial charge < -0.3 is 0 Å². The van der Waals surface area contributed by atoms with E-state index in [4.69, 9.17) is 0 Å². The first kappa shape index (κ1) is 11.1. The Balaban J connectivity index is 2.35. The topological polar surface area (TPSA) is 0 Å². The van der Waals surface area contributed by atoms with Gasteiger partial charge in [-0.25, -0.2) is 0 Å². The van der Waals surface area contributed by atoms with Gasteiger partial charge in [-0.1, -0.05) is 65.7 Å². The summed E-state index contributed by atoms with van der Waals surface area (Å²) in [5, 5.41) is 0. The minimum Gasteiger partial charge on any atom is -0.0654 e. The fourth-order valence-corrected chi connectivity index (χ4v) is 3.00. The van der Waals surface area contributed by atoms with Crippen molar-refractivity contribution in [1.82, 2.24) is 0 Å². The Hall–Kier alpha value is 0. The van der Waals surface area contributed by atoms with Crippen LogP contribution in [-0.4, -0.2) is 0 Å². The van der Waals surface area contributed by atoms with Gasteiger partial charge in [0.05, 0.1) is 0 Å². The molecule has 0 saturated heterocycles. The molecule has 0 spiro atoms. The average molecular weight is 182 g/mol. The van der Waals surface area contributed by atoms with E-state index in [9.17, 15) is 0 Å². The molecule has 0 aromatic carbocycles. The van der Waals surface area contributed by atoms with Crippen LogP contribution in [0, 0.1) is 17.8 Å². The summed E-state index contributed by atoms with van der Waals surface area (Å²) in [6, 6.07) is 0. The van der Waals surface area contributed by atoms with Gasteiger partial charge in [0.2, 0.25) is 0 Å². The fourth-order valence-electron chi connectivity index (χ4n) is 3.00. The van der Waals surface area contributed by atoms with Gasteiger partial charge in [0, 0.05) is 0 Å². The Labute approximate surface area is 84.1 Å². The second kappa shape index (κ2) is 5.67. The van der Waals surface area contributed by atoms with Gasteiger partial charge in [-0.2, -0.15) is 0 Å². The molecule has 0 heteroatoms. The smallest absolute Gasteiger partial charge is 0.0386 e. The summed E-state index contributed by atoms with van der Waals surface area (Å²) in [5.41, 5.74) is 0. The monoisotopic (exact) mass is 182 g/mol. The van der Waals surface area contributed by atoms with Crippen molar-refractivity contribution in [2.45, 2.75) is 65.7 Å². The van der Waals surface area contributed by atoms with E-state index in [-0.39, 0.29) is 0 Å². The van der Waals surface area contributed by atoms with E-state index >= 15 is 0 Å². The Kier molecular flexibility index (Phi) is 4.83. The molecule has 3 unspecified atom stereocenters. The lowest BCUT2D eigenvalue weighted by Gasteiger charge is -2.35. The Morgan fingerprint density at radius 2 is 1.77 bits per heavy atom. The van der Waals surface area contributed by atoms with Gasteiger partial charge in [-0.05, 0) is 17.8 Å². The van der Waals surface area contributed by atoms with E-state index in [0.29, 0.717) is 0 Å². The van der Waals surface area contributed by atoms with Crippen molar-refractivity contribution < 1.29 is 0 Å². The summed E-state index contributed by atoms with van der Waals surface area (Å²) >= 11 is 0. The maximum atomic E-state index is 2.49. The van der Waals surface area contributed by atoms with Gasteiger partial charge in [-0.15, -0.1) is 0 Å². The third-order valence-electron chi connectivity index (χ3n) is 4.09. The van der Waals surface area contributed by atoms with Crippen LogP contribution in [0.4, 0.5) is 0 Å². The van der Waals surface area contributed by atoms with E-state index in [0.717, 1.165) is 17.8 Å². The summed E-state index contributed by atoms with van der Waals surface area (Å²) in [6.07, 6.45) is 10.2. The average Bonchev–Trinajstić information content (AvgIpc) is 2.16. The normalized spacial score (nSPS) is 34.8. The van der Waals surface area contributed by atoms with Crippen LogP contribution in [0.1, 0.15) is 65.7 Å². The number of hydrogen-bond donors (Lipinski definition) is 0. The Morgan fingerprint density at radius 1 is 1.08 bits per heavy atom. The van der Waals surface area contributed by atoms with Crippen molar-refractivity contribution in [1.29, 1.82) is 0 Å². The van der Waals surface area contributed by atoms with Crippen molar-refractivity contribution in [2.24, 2.45) is 17.8 Å². The van der Waals surface area contributed by atoms with Crippen LogP contribution < -0.4 is 0 Å². The van der Waals surface area contributed by atoms with Gasteiger partial charge in [-0.3, -0.25) is 0 Å². The molecular weight excluding hydrogens is 156 g/mol. The highest BCUT2D eigenvalue weighted by atomic mass is 14.3. The number of unbranched alkanes of at least 4 members (excludes halogenated alkanes) is 1. The molecule has 13 heavy (non-hydrogen) atoms. The quantitative estimate of drug-likeness (QED) is 0.594. The molecule has 1 aliphatic rings. The molecular formula is C13H26. The highest BCUT2D eigenvalue weighted by Gasteiger charge is 2.27. The van der Waals surface area contributed by atoms with Crippen LogP contribution in [0.15, 0.2) is 0 Å². The van der Waals surface area contributed by atoms with Crippen LogP contribution in [0.25, 0.3) is 0 Å². The van der Waals surface area contributed by atoms with E-state index < -0.39 is 0 Å². The summed E-state index contributed by atoms with van der Waals surface area (Å²) < 4.78 is 0. The predicted molar refractivity (Wildman–Crippen MR) is 59.8 cm³/mol. The maximum Gasteiger partial charge on any atom is -0.0386 e. The Bertz CT molecular complexity index is 128. The largest absolute Gasteiger partial charge is 0.0654 e. The van der Waals surface area contributed by atoms with Crippen LogP contribution in [0.2, 0.25) is 0 Å². The Morgan fingerprint density at radius 3 is 2.38 bits per heavy atom. The lowest BCUT2D eigenvalue weighted by Crippen LogP contribution is -2.25. The molecule has 78 valence electrons. The minimum absolute atomic E-state index is 1.00. The molecule has 0 heterocycles. The molecule has 0 aromatic rings. The summed E-state index contributed by atoms with van der Waals surface area (Å²) in [7, 11) is 0. The SMILES string of the molecule is CCCCC1CCCC(CC)C1C. The molecule has 1 rings (SSSR count). The third kappa shape index (κ3) is 3.00. The van der Waals surface area contributed by atoms with Crippen LogP contribution in [0.3, 0.4) is 0 Å². The molecule has 0 amide bonds. The molecule has 0 radical (unpaired) electrons. The van der Waals surface area contributed by atoms with Crippen molar-refractivity contribution >= 4 is 0 Å². The summed E-state index contributed by atoms with van der Waals surface area (Å²) in [5.74, 6) is 3.10. The lowest BCUT2D eigenvalue weighted by molar-refractivity contribution is 0.153. The molecule has 1 saturated carbocycles. The molecule has 0 bridgehead atoms. The standard InChI is InChI=1S/C13H26/c1-4-6-8-13-10-7-9-12(5-2)11(13)3/h11-13H,4-10H2,1-3H3. The van der Waals surface area contributed by atoms with E-state index in [1.807, 2.05) is 0 Å². The van der Waals surface area contributed by atoms with Gasteiger partial charge >= 0.3 is 0 Å². The second-order valence-corrected chi connectivity index (χ2v) is 4.86. The van der Waals surface area contributed by atoms with Crippen molar-refractivity contribution in [3.63, 3.8) is 0 Å². The first-order chi connectivity index (χ1) is 6.29. The highest BCUT2D eigenvalue weighted by molar-refractivity contribution is 4.78. The van der Waals surface area contributed by atoms with Crippen LogP contribution >= 0.6 is 0 Å². The lowest BCUT2D eigenvalue weighted by atomic mass is 9.70. The first-order valence-corrected chi connectivity index (χ1v) is 6.29. The van der Waals surface area contributed by atoms with Crippen LogP contribution in [0.5, 0.6) is 0 Å². The van der Waals surface area contributed by atoms with Crippen molar-refractivity contribution in [3.8, 4) is 0 Å². The van der Waals surface area contributed by atoms with Gasteiger partial charge in [0.15, 0.2) is 0 Å². The molecule has 1 aliphatic carbocycles. The third-order valence-corrected chi connectivity index (χ3v) is 4.09. The predicted octanol–water partition coefficient (Wildman–Crippen LogP) is 4.64. The molecule has 0 N–H and O–H groups in total. The van der Waals surface area contributed by atoms with Crippen molar-refractivity contribution in [3.05, 3.63) is 0 Å². The summed E-state index contributed by atoms with van der Waals surface area (Å²) in [4.78, 5) is 0. The molecule has 3 atom stereocenters.